The zero-order valence-corrected chi connectivity index (χ0v) is 54.3. The number of carbonyl (C=O) groups is 3. The van der Waals surface area contributed by atoms with Gasteiger partial charge in [-0.3, -0.25) is 14.4 Å². The summed E-state index contributed by atoms with van der Waals surface area (Å²) in [6, 6.07) is 0. The van der Waals surface area contributed by atoms with Crippen LogP contribution >= 0.6 is 0 Å². The van der Waals surface area contributed by atoms with Crippen molar-refractivity contribution in [3.8, 4) is 0 Å². The van der Waals surface area contributed by atoms with Crippen LogP contribution in [0, 0.1) is 0 Å². The molecule has 0 spiro atoms. The number of esters is 3. The monoisotopic (exact) mass is 1130 g/mol. The van der Waals surface area contributed by atoms with Crippen molar-refractivity contribution in [3.05, 3.63) is 60.8 Å². The van der Waals surface area contributed by atoms with E-state index in [1.165, 1.54) is 244 Å². The lowest BCUT2D eigenvalue weighted by Gasteiger charge is -2.18. The zero-order chi connectivity index (χ0) is 58.5. The van der Waals surface area contributed by atoms with Gasteiger partial charge >= 0.3 is 17.9 Å². The summed E-state index contributed by atoms with van der Waals surface area (Å²) in [6.07, 6.45) is 89.8. The van der Waals surface area contributed by atoms with Crippen molar-refractivity contribution in [3.63, 3.8) is 0 Å². The summed E-state index contributed by atoms with van der Waals surface area (Å²) in [4.78, 5) is 38.4. The van der Waals surface area contributed by atoms with E-state index in [4.69, 9.17) is 14.2 Å². The molecule has 6 nitrogen and oxygen atoms in total. The topological polar surface area (TPSA) is 78.9 Å². The highest BCUT2D eigenvalue weighted by Gasteiger charge is 2.19. The summed E-state index contributed by atoms with van der Waals surface area (Å²) in [5.74, 6) is -0.881. The maximum absolute atomic E-state index is 12.9. The van der Waals surface area contributed by atoms with Gasteiger partial charge in [0, 0.05) is 19.3 Å². The molecule has 0 fully saturated rings. The van der Waals surface area contributed by atoms with Crippen LogP contribution in [0.25, 0.3) is 0 Å². The molecule has 81 heavy (non-hydrogen) atoms. The fraction of sp³-hybridized carbons (Fsp3) is 0.827. The number of unbranched alkanes of at least 4 members (excludes halogenated alkanes) is 45. The van der Waals surface area contributed by atoms with Crippen LogP contribution in [0.15, 0.2) is 60.8 Å². The SMILES string of the molecule is CCC/C=C\C/C=C\CCCCCCCC(=O)OCC(COC(=O)CCCCCCCCCCCCCCCCCCCCCCC/C=C\CCCCCCCCCC)OC(=O)CCCCCCCCC/C=C\C/C=C\CCCCC. The number of ether oxygens (including phenoxy) is 3. The van der Waals surface area contributed by atoms with Gasteiger partial charge in [-0.15, -0.1) is 0 Å². The number of rotatable bonds is 66. The predicted octanol–water partition coefficient (Wildman–Crippen LogP) is 24.7. The third-order valence-corrected chi connectivity index (χ3v) is 15.9. The molecule has 0 bridgehead atoms. The van der Waals surface area contributed by atoms with E-state index in [1.807, 2.05) is 0 Å². The Labute approximate surface area is 504 Å². The van der Waals surface area contributed by atoms with E-state index in [1.54, 1.807) is 0 Å². The summed E-state index contributed by atoms with van der Waals surface area (Å²) in [6.45, 7) is 6.58. The molecular formula is C75H136O6. The lowest BCUT2D eigenvalue weighted by atomic mass is 10.0. The van der Waals surface area contributed by atoms with Crippen molar-refractivity contribution in [1.82, 2.24) is 0 Å². The van der Waals surface area contributed by atoms with Gasteiger partial charge in [-0.1, -0.05) is 319 Å². The Kier molecular flexibility index (Phi) is 67.1. The Morgan fingerprint density at radius 2 is 0.469 bits per heavy atom. The van der Waals surface area contributed by atoms with E-state index in [0.29, 0.717) is 19.3 Å². The minimum atomic E-state index is -0.784. The molecule has 0 saturated heterocycles. The molecule has 6 heteroatoms. The Hall–Kier alpha value is -2.89. The van der Waals surface area contributed by atoms with Crippen LogP contribution in [-0.2, 0) is 28.6 Å². The van der Waals surface area contributed by atoms with Gasteiger partial charge in [0.2, 0.25) is 0 Å². The van der Waals surface area contributed by atoms with Crippen molar-refractivity contribution in [2.45, 2.75) is 386 Å². The van der Waals surface area contributed by atoms with E-state index >= 15 is 0 Å². The van der Waals surface area contributed by atoms with Gasteiger partial charge in [0.05, 0.1) is 0 Å². The summed E-state index contributed by atoms with van der Waals surface area (Å²) >= 11 is 0. The first-order valence-corrected chi connectivity index (χ1v) is 35.8. The van der Waals surface area contributed by atoms with Crippen molar-refractivity contribution >= 4 is 17.9 Å². The van der Waals surface area contributed by atoms with E-state index in [9.17, 15) is 14.4 Å². The lowest BCUT2D eigenvalue weighted by Crippen LogP contribution is -2.30. The molecule has 0 aliphatic rings. The molecule has 0 rings (SSSR count). The van der Waals surface area contributed by atoms with Crippen LogP contribution in [0.3, 0.4) is 0 Å². The van der Waals surface area contributed by atoms with Crippen LogP contribution in [0.4, 0.5) is 0 Å². The Balaban J connectivity index is 4.12. The largest absolute Gasteiger partial charge is 0.462 e. The maximum Gasteiger partial charge on any atom is 0.306 e. The second-order valence-electron chi connectivity index (χ2n) is 24.1. The first-order chi connectivity index (χ1) is 40.0. The Bertz CT molecular complexity index is 1440. The highest BCUT2D eigenvalue weighted by molar-refractivity contribution is 5.71. The average Bonchev–Trinajstić information content (AvgIpc) is 3.46. The average molecular weight is 1130 g/mol. The smallest absolute Gasteiger partial charge is 0.306 e. The molecule has 0 amide bonds. The van der Waals surface area contributed by atoms with E-state index in [2.05, 4.69) is 81.5 Å². The molecule has 0 N–H and O–H groups in total. The van der Waals surface area contributed by atoms with Gasteiger partial charge in [-0.05, 0) is 103 Å². The predicted molar refractivity (Wildman–Crippen MR) is 353 cm³/mol. The van der Waals surface area contributed by atoms with Crippen molar-refractivity contribution in [1.29, 1.82) is 0 Å². The molecule has 1 atom stereocenters. The number of hydrogen-bond donors (Lipinski definition) is 0. The van der Waals surface area contributed by atoms with Crippen LogP contribution in [-0.4, -0.2) is 37.2 Å². The fourth-order valence-electron chi connectivity index (χ4n) is 10.6. The molecule has 0 aromatic carbocycles. The molecular weight excluding hydrogens is 997 g/mol. The molecule has 1 unspecified atom stereocenters. The summed E-state index contributed by atoms with van der Waals surface area (Å²) in [5.41, 5.74) is 0. The van der Waals surface area contributed by atoms with Gasteiger partial charge in [0.15, 0.2) is 6.10 Å². The van der Waals surface area contributed by atoms with Crippen molar-refractivity contribution in [2.24, 2.45) is 0 Å². The molecule has 0 aliphatic carbocycles. The van der Waals surface area contributed by atoms with Gasteiger partial charge in [-0.25, -0.2) is 0 Å². The molecule has 0 aromatic heterocycles. The standard InChI is InChI=1S/C75H136O6/c1-4-7-10-13-16-19-22-25-27-29-30-31-32-33-34-35-36-37-38-39-40-41-42-43-44-46-47-50-53-56-59-62-65-68-74(77)80-71-72(70-79-73(76)67-64-61-58-55-52-49-24-21-18-15-12-9-6-3)81-75(78)69-66-63-60-57-54-51-48-45-28-26-23-20-17-14-11-8-5-2/h12,15,17,20-21,24,26,28-30,72H,4-11,13-14,16,18-19,22-23,25,27,31-71H2,1-3H3/b15-12-,20-17-,24-21-,28-26-,30-29-. The molecule has 0 heterocycles. The van der Waals surface area contributed by atoms with Gasteiger partial charge in [0.25, 0.3) is 0 Å². The molecule has 0 aliphatic heterocycles. The number of allylic oxidation sites excluding steroid dienone is 10. The van der Waals surface area contributed by atoms with Gasteiger partial charge in [-0.2, -0.15) is 0 Å². The maximum atomic E-state index is 12.9. The van der Waals surface area contributed by atoms with E-state index in [0.717, 1.165) is 96.3 Å². The van der Waals surface area contributed by atoms with E-state index in [-0.39, 0.29) is 31.1 Å². The highest BCUT2D eigenvalue weighted by Crippen LogP contribution is 2.18. The summed E-state index contributed by atoms with van der Waals surface area (Å²) < 4.78 is 16.9. The third kappa shape index (κ3) is 67.8. The number of hydrogen-bond acceptors (Lipinski definition) is 6. The first kappa shape index (κ1) is 78.1. The highest BCUT2D eigenvalue weighted by atomic mass is 16.6. The van der Waals surface area contributed by atoms with Crippen molar-refractivity contribution < 1.29 is 28.6 Å². The third-order valence-electron chi connectivity index (χ3n) is 15.9. The van der Waals surface area contributed by atoms with Crippen LogP contribution in [0.5, 0.6) is 0 Å². The van der Waals surface area contributed by atoms with Gasteiger partial charge in [0.1, 0.15) is 13.2 Å². The lowest BCUT2D eigenvalue weighted by molar-refractivity contribution is -0.167. The quantitative estimate of drug-likeness (QED) is 0.0261. The fourth-order valence-corrected chi connectivity index (χ4v) is 10.6. The first-order valence-electron chi connectivity index (χ1n) is 35.8. The van der Waals surface area contributed by atoms with Crippen molar-refractivity contribution in [2.75, 3.05) is 13.2 Å². The Morgan fingerprint density at radius 1 is 0.247 bits per heavy atom. The number of carbonyl (C=O) groups excluding carboxylic acids is 3. The molecule has 472 valence electrons. The molecule has 0 saturated carbocycles. The van der Waals surface area contributed by atoms with Crippen LogP contribution < -0.4 is 0 Å². The minimum Gasteiger partial charge on any atom is -0.462 e. The molecule has 0 radical (unpaired) electrons. The zero-order valence-electron chi connectivity index (χ0n) is 54.3. The Morgan fingerprint density at radius 3 is 0.765 bits per heavy atom. The second kappa shape index (κ2) is 69.6. The second-order valence-corrected chi connectivity index (χ2v) is 24.1. The summed E-state index contributed by atoms with van der Waals surface area (Å²) in [7, 11) is 0. The van der Waals surface area contributed by atoms with Crippen LogP contribution in [0.2, 0.25) is 0 Å². The normalized spacial score (nSPS) is 12.4. The van der Waals surface area contributed by atoms with Crippen LogP contribution in [0.1, 0.15) is 380 Å². The van der Waals surface area contributed by atoms with Gasteiger partial charge < -0.3 is 14.2 Å². The summed E-state index contributed by atoms with van der Waals surface area (Å²) in [5, 5.41) is 0. The molecule has 0 aromatic rings. The minimum absolute atomic E-state index is 0.0788. The van der Waals surface area contributed by atoms with E-state index < -0.39 is 6.10 Å².